The third-order valence-electron chi connectivity index (χ3n) is 2.23. The van der Waals surface area contributed by atoms with E-state index in [0.29, 0.717) is 11.1 Å². The van der Waals surface area contributed by atoms with Crippen LogP contribution in [0.5, 0.6) is 0 Å². The van der Waals surface area contributed by atoms with Crippen molar-refractivity contribution in [3.05, 3.63) is 39.4 Å². The Bertz CT molecular complexity index is 436. The summed E-state index contributed by atoms with van der Waals surface area (Å²) in [5.41, 5.74) is 6.56. The molecule has 1 aromatic rings. The Morgan fingerprint density at radius 2 is 2.18 bits per heavy atom. The highest BCUT2D eigenvalue weighted by molar-refractivity contribution is 5.85. The Morgan fingerprint density at radius 3 is 2.59 bits per heavy atom. The summed E-state index contributed by atoms with van der Waals surface area (Å²) >= 11 is 0. The Hall–Kier alpha value is -1.66. The summed E-state index contributed by atoms with van der Waals surface area (Å²) in [5.74, 6) is -1.09. The number of rotatable bonds is 4. The average molecular weight is 261 g/mol. The second kappa shape index (κ2) is 6.17. The van der Waals surface area contributed by atoms with Gasteiger partial charge < -0.3 is 10.8 Å². The molecule has 0 saturated heterocycles. The minimum absolute atomic E-state index is 0. The monoisotopic (exact) mass is 260 g/mol. The Morgan fingerprint density at radius 1 is 1.59 bits per heavy atom. The number of nitro groups is 1. The van der Waals surface area contributed by atoms with Crippen LogP contribution in [0.4, 0.5) is 5.69 Å². The van der Waals surface area contributed by atoms with Crippen LogP contribution >= 0.6 is 12.4 Å². The number of halogens is 1. The number of nitrogens with two attached hydrogens (primary N) is 1. The molecular formula is C10H13ClN2O4. The highest BCUT2D eigenvalue weighted by Crippen LogP contribution is 2.19. The van der Waals surface area contributed by atoms with E-state index in [2.05, 4.69) is 0 Å². The quantitative estimate of drug-likeness (QED) is 0.626. The number of nitro benzene ring substituents is 1. The molecule has 0 radical (unpaired) electrons. The van der Waals surface area contributed by atoms with Crippen LogP contribution < -0.4 is 5.73 Å². The molecule has 0 bridgehead atoms. The number of carboxylic acid groups (broad SMARTS) is 1. The van der Waals surface area contributed by atoms with Gasteiger partial charge in [-0.25, -0.2) is 0 Å². The van der Waals surface area contributed by atoms with Crippen LogP contribution in [0.1, 0.15) is 11.1 Å². The Balaban J connectivity index is 0.00000256. The number of carbonyl (C=O) groups is 1. The third kappa shape index (κ3) is 4.01. The molecular weight excluding hydrogens is 248 g/mol. The molecule has 0 heterocycles. The predicted octanol–water partition coefficient (Wildman–Crippen LogP) is 1.28. The van der Waals surface area contributed by atoms with Gasteiger partial charge in [0.05, 0.1) is 4.92 Å². The molecule has 1 rings (SSSR count). The fourth-order valence-electron chi connectivity index (χ4n) is 1.39. The molecule has 0 saturated carbocycles. The zero-order valence-electron chi connectivity index (χ0n) is 9.12. The number of carboxylic acids is 1. The van der Waals surface area contributed by atoms with Gasteiger partial charge in [0.25, 0.3) is 5.69 Å². The van der Waals surface area contributed by atoms with Gasteiger partial charge in [-0.15, -0.1) is 12.4 Å². The van der Waals surface area contributed by atoms with Gasteiger partial charge in [-0.3, -0.25) is 14.9 Å². The van der Waals surface area contributed by atoms with Crippen LogP contribution in [0.2, 0.25) is 0 Å². The zero-order chi connectivity index (χ0) is 12.3. The van der Waals surface area contributed by atoms with E-state index in [4.69, 9.17) is 10.8 Å². The molecule has 0 aliphatic heterocycles. The van der Waals surface area contributed by atoms with E-state index >= 15 is 0 Å². The summed E-state index contributed by atoms with van der Waals surface area (Å²) < 4.78 is 0. The van der Waals surface area contributed by atoms with Crippen molar-refractivity contribution in [1.82, 2.24) is 0 Å². The highest BCUT2D eigenvalue weighted by Gasteiger charge is 2.15. The van der Waals surface area contributed by atoms with Crippen LogP contribution in [0, 0.1) is 17.0 Å². The molecule has 94 valence electrons. The van der Waals surface area contributed by atoms with Crippen molar-refractivity contribution in [3.8, 4) is 0 Å². The molecule has 0 unspecified atom stereocenters. The Kier molecular flexibility index (Phi) is 5.57. The van der Waals surface area contributed by atoms with Crippen LogP contribution in [-0.2, 0) is 11.2 Å². The van der Waals surface area contributed by atoms with E-state index < -0.39 is 16.9 Å². The smallest absolute Gasteiger partial charge is 0.320 e. The van der Waals surface area contributed by atoms with Crippen LogP contribution in [0.15, 0.2) is 18.2 Å². The van der Waals surface area contributed by atoms with Gasteiger partial charge in [0, 0.05) is 11.6 Å². The third-order valence-corrected chi connectivity index (χ3v) is 2.23. The van der Waals surface area contributed by atoms with Crippen molar-refractivity contribution in [2.24, 2.45) is 5.73 Å². The minimum Gasteiger partial charge on any atom is -0.480 e. The molecule has 6 nitrogen and oxygen atoms in total. The average Bonchev–Trinajstić information content (AvgIpc) is 2.16. The maximum Gasteiger partial charge on any atom is 0.320 e. The number of aliphatic carboxylic acids is 1. The highest BCUT2D eigenvalue weighted by atomic mass is 35.5. The van der Waals surface area contributed by atoms with Crippen molar-refractivity contribution < 1.29 is 14.8 Å². The summed E-state index contributed by atoms with van der Waals surface area (Å²) in [7, 11) is 0. The number of aryl methyl sites for hydroxylation is 1. The molecule has 0 aromatic heterocycles. The molecule has 0 spiro atoms. The van der Waals surface area contributed by atoms with Crippen LogP contribution in [0.25, 0.3) is 0 Å². The van der Waals surface area contributed by atoms with E-state index in [1.807, 2.05) is 0 Å². The van der Waals surface area contributed by atoms with E-state index in [9.17, 15) is 14.9 Å². The zero-order valence-corrected chi connectivity index (χ0v) is 9.94. The lowest BCUT2D eigenvalue weighted by molar-refractivity contribution is -0.385. The minimum atomic E-state index is -1.09. The molecule has 0 fully saturated rings. The maximum absolute atomic E-state index is 10.6. The lowest BCUT2D eigenvalue weighted by atomic mass is 10.0. The van der Waals surface area contributed by atoms with Crippen molar-refractivity contribution in [2.45, 2.75) is 19.4 Å². The second-order valence-corrected chi connectivity index (χ2v) is 3.53. The maximum atomic E-state index is 10.6. The van der Waals surface area contributed by atoms with Gasteiger partial charge in [-0.05, 0) is 25.0 Å². The summed E-state index contributed by atoms with van der Waals surface area (Å²) in [5, 5.41) is 19.2. The van der Waals surface area contributed by atoms with E-state index in [1.54, 1.807) is 13.0 Å². The number of hydrogen-bond donors (Lipinski definition) is 2. The topological polar surface area (TPSA) is 106 Å². The number of hydrogen-bond acceptors (Lipinski definition) is 4. The van der Waals surface area contributed by atoms with E-state index in [-0.39, 0.29) is 24.5 Å². The summed E-state index contributed by atoms with van der Waals surface area (Å²) in [6, 6.07) is 3.48. The molecule has 1 aromatic carbocycles. The molecule has 0 aliphatic rings. The largest absolute Gasteiger partial charge is 0.480 e. The van der Waals surface area contributed by atoms with Gasteiger partial charge in [0.2, 0.25) is 0 Å². The van der Waals surface area contributed by atoms with E-state index in [0.717, 1.165) is 0 Å². The summed E-state index contributed by atoms with van der Waals surface area (Å²) in [4.78, 5) is 20.6. The van der Waals surface area contributed by atoms with Crippen molar-refractivity contribution in [3.63, 3.8) is 0 Å². The van der Waals surface area contributed by atoms with Crippen molar-refractivity contribution >= 4 is 24.1 Å². The first-order valence-corrected chi connectivity index (χ1v) is 4.64. The fraction of sp³-hybridized carbons (Fsp3) is 0.300. The van der Waals surface area contributed by atoms with Gasteiger partial charge >= 0.3 is 5.97 Å². The van der Waals surface area contributed by atoms with Crippen molar-refractivity contribution in [1.29, 1.82) is 0 Å². The first-order valence-electron chi connectivity index (χ1n) is 4.64. The SMILES string of the molecule is Cc1cc(C[C@H](N)C(=O)O)ccc1[N+](=O)[O-].Cl. The number of nitrogens with zero attached hydrogens (tertiary/aromatic N) is 1. The second-order valence-electron chi connectivity index (χ2n) is 3.53. The fourth-order valence-corrected chi connectivity index (χ4v) is 1.39. The molecule has 0 aliphatic carbocycles. The van der Waals surface area contributed by atoms with Gasteiger partial charge in [0.1, 0.15) is 6.04 Å². The van der Waals surface area contributed by atoms with E-state index in [1.165, 1.54) is 12.1 Å². The molecule has 0 amide bonds. The first-order chi connectivity index (χ1) is 7.41. The normalized spacial score (nSPS) is 11.4. The lowest BCUT2D eigenvalue weighted by Gasteiger charge is -2.07. The molecule has 1 atom stereocenters. The summed E-state index contributed by atoms with van der Waals surface area (Å²) in [6.07, 6.45) is 0.161. The molecule has 3 N–H and O–H groups in total. The van der Waals surface area contributed by atoms with Gasteiger partial charge in [-0.2, -0.15) is 0 Å². The lowest BCUT2D eigenvalue weighted by Crippen LogP contribution is -2.32. The summed E-state index contributed by atoms with van der Waals surface area (Å²) in [6.45, 7) is 1.61. The van der Waals surface area contributed by atoms with Crippen LogP contribution in [0.3, 0.4) is 0 Å². The molecule has 17 heavy (non-hydrogen) atoms. The Labute approximate surface area is 104 Å². The molecule has 7 heteroatoms. The predicted molar refractivity (Wildman–Crippen MR) is 64.4 cm³/mol. The standard InChI is InChI=1S/C10H12N2O4.ClH/c1-6-4-7(5-8(11)10(13)14)2-3-9(6)12(15)16;/h2-4,8H,5,11H2,1H3,(H,13,14);1H/t8-;/m0./s1. The van der Waals surface area contributed by atoms with Crippen LogP contribution in [-0.4, -0.2) is 22.0 Å². The first kappa shape index (κ1) is 15.3. The van der Waals surface area contributed by atoms with Gasteiger partial charge in [0.15, 0.2) is 0 Å². The van der Waals surface area contributed by atoms with Crippen molar-refractivity contribution in [2.75, 3.05) is 0 Å². The van der Waals surface area contributed by atoms with Gasteiger partial charge in [-0.1, -0.05) is 6.07 Å². The number of benzene rings is 1.